The Morgan fingerprint density at radius 2 is 1.83 bits per heavy atom. The van der Waals surface area contributed by atoms with Crippen LogP contribution in [0.15, 0.2) is 67.6 Å². The molecule has 0 spiro atoms. The fraction of sp³-hybridized carbons (Fsp3) is 0.235. The zero-order valence-corrected chi connectivity index (χ0v) is 27.5. The number of allylic oxidation sites excluding steroid dienone is 1. The van der Waals surface area contributed by atoms with Crippen LogP contribution >= 0.6 is 23.2 Å². The molecule has 0 aliphatic heterocycles. The zero-order valence-electron chi connectivity index (χ0n) is 26.0. The molecule has 3 heterocycles. The number of nitrogens with one attached hydrogen (secondary N) is 2. The van der Waals surface area contributed by atoms with Crippen molar-refractivity contribution in [2.24, 2.45) is 0 Å². The Morgan fingerprint density at radius 3 is 2.52 bits per heavy atom. The molecule has 10 nitrogen and oxygen atoms in total. The molecule has 12 heteroatoms. The van der Waals surface area contributed by atoms with Gasteiger partial charge in [0.05, 0.1) is 49.3 Å². The Labute approximate surface area is 277 Å². The van der Waals surface area contributed by atoms with Gasteiger partial charge in [0, 0.05) is 66.1 Å². The second-order valence-corrected chi connectivity index (χ2v) is 11.2. The Hall–Kier alpha value is -4.64. The number of carbonyl (C=O) groups is 1. The van der Waals surface area contributed by atoms with Crippen molar-refractivity contribution in [2.45, 2.75) is 26.4 Å². The molecular weight excluding hydrogens is 627 g/mol. The van der Waals surface area contributed by atoms with Gasteiger partial charge in [-0.1, -0.05) is 48.0 Å². The Balaban J connectivity index is 1.60. The van der Waals surface area contributed by atoms with Gasteiger partial charge in [-0.15, -0.1) is 0 Å². The van der Waals surface area contributed by atoms with Gasteiger partial charge >= 0.3 is 0 Å². The van der Waals surface area contributed by atoms with Crippen molar-refractivity contribution in [3.63, 3.8) is 0 Å². The van der Waals surface area contributed by atoms with Crippen LogP contribution in [0, 0.1) is 6.92 Å². The summed E-state index contributed by atoms with van der Waals surface area (Å²) in [5.41, 5.74) is 4.57. The fourth-order valence-electron chi connectivity index (χ4n) is 5.02. The predicted octanol–water partition coefficient (Wildman–Crippen LogP) is 7.43. The summed E-state index contributed by atoms with van der Waals surface area (Å²) in [6.07, 6.45) is 7.07. The number of nitrogens with zero attached hydrogens (tertiary/aromatic N) is 4. The third-order valence-electron chi connectivity index (χ3n) is 7.42. The number of halogens is 2. The van der Waals surface area contributed by atoms with E-state index in [1.807, 2.05) is 48.1 Å². The molecule has 46 heavy (non-hydrogen) atoms. The minimum atomic E-state index is -0.0691. The molecule has 0 radical (unpaired) electrons. The number of ketones is 1. The van der Waals surface area contributed by atoms with Crippen LogP contribution in [0.2, 0.25) is 10.0 Å². The maximum absolute atomic E-state index is 12.2. The molecule has 0 fully saturated rings. The summed E-state index contributed by atoms with van der Waals surface area (Å²) in [7, 11) is 4.71. The molecule has 2 aromatic carbocycles. The largest absolute Gasteiger partial charge is 0.495 e. The van der Waals surface area contributed by atoms with E-state index in [0.29, 0.717) is 64.1 Å². The summed E-state index contributed by atoms with van der Waals surface area (Å²) in [5, 5.41) is 13.5. The molecule has 0 amide bonds. The molecule has 238 valence electrons. The van der Waals surface area contributed by atoms with Gasteiger partial charge in [0.2, 0.25) is 0 Å². The minimum absolute atomic E-state index is 0.0691. The molecule has 0 atom stereocenters. The van der Waals surface area contributed by atoms with Gasteiger partial charge in [0.1, 0.15) is 23.1 Å². The SMILES string of the molecule is C=CC(=O)Cc1cccc(C)c1Nc1cc2c(NCc3cnn(CCOC)c3)nc(-c3c(Cl)c(OC)cc(OC)c3Cl)cc2cn1. The van der Waals surface area contributed by atoms with Crippen molar-refractivity contribution in [3.8, 4) is 22.8 Å². The van der Waals surface area contributed by atoms with Crippen LogP contribution < -0.4 is 20.1 Å². The molecule has 5 aromatic rings. The summed E-state index contributed by atoms with van der Waals surface area (Å²) in [6, 6.07) is 11.2. The number of ether oxygens (including phenoxy) is 3. The summed E-state index contributed by atoms with van der Waals surface area (Å²) >= 11 is 13.6. The Kier molecular flexibility index (Phi) is 10.4. The molecule has 0 saturated heterocycles. The van der Waals surface area contributed by atoms with E-state index in [9.17, 15) is 4.79 Å². The number of hydrogen-bond acceptors (Lipinski definition) is 9. The van der Waals surface area contributed by atoms with Crippen LogP contribution in [-0.4, -0.2) is 53.5 Å². The number of para-hydroxylation sites is 1. The maximum Gasteiger partial charge on any atom is 0.159 e. The van der Waals surface area contributed by atoms with Crippen LogP contribution in [0.1, 0.15) is 16.7 Å². The van der Waals surface area contributed by atoms with Crippen LogP contribution in [0.5, 0.6) is 11.5 Å². The molecule has 0 saturated carbocycles. The Morgan fingerprint density at radius 1 is 1.07 bits per heavy atom. The first-order valence-electron chi connectivity index (χ1n) is 14.4. The summed E-state index contributed by atoms with van der Waals surface area (Å²) in [5.74, 6) is 1.89. The summed E-state index contributed by atoms with van der Waals surface area (Å²) in [6.45, 7) is 7.23. The van der Waals surface area contributed by atoms with Gasteiger partial charge in [0.15, 0.2) is 5.78 Å². The highest BCUT2D eigenvalue weighted by atomic mass is 35.5. The lowest BCUT2D eigenvalue weighted by molar-refractivity contribution is -0.114. The average molecular weight is 662 g/mol. The third kappa shape index (κ3) is 7.09. The third-order valence-corrected chi connectivity index (χ3v) is 8.17. The highest BCUT2D eigenvalue weighted by molar-refractivity contribution is 6.41. The van der Waals surface area contributed by atoms with Gasteiger partial charge in [-0.05, 0) is 36.3 Å². The fourth-order valence-corrected chi connectivity index (χ4v) is 5.72. The first kappa shape index (κ1) is 32.7. The number of carbonyl (C=O) groups excluding carboxylic acids is 1. The van der Waals surface area contributed by atoms with Crippen molar-refractivity contribution in [3.05, 3.63) is 94.4 Å². The normalized spacial score (nSPS) is 11.0. The van der Waals surface area contributed by atoms with Gasteiger partial charge in [-0.2, -0.15) is 5.10 Å². The van der Waals surface area contributed by atoms with Crippen molar-refractivity contribution < 1.29 is 19.0 Å². The molecule has 0 unspecified atom stereocenters. The maximum atomic E-state index is 12.2. The summed E-state index contributed by atoms with van der Waals surface area (Å²) < 4.78 is 18.0. The molecule has 0 aliphatic carbocycles. The average Bonchev–Trinajstić information content (AvgIpc) is 3.52. The number of methoxy groups -OCH3 is 3. The van der Waals surface area contributed by atoms with Gasteiger partial charge in [0.25, 0.3) is 0 Å². The molecule has 5 rings (SSSR count). The van der Waals surface area contributed by atoms with Gasteiger partial charge < -0.3 is 24.8 Å². The van der Waals surface area contributed by atoms with E-state index in [0.717, 1.165) is 33.2 Å². The zero-order chi connectivity index (χ0) is 32.8. The lowest BCUT2D eigenvalue weighted by Gasteiger charge is -2.17. The lowest BCUT2D eigenvalue weighted by atomic mass is 10.0. The van der Waals surface area contributed by atoms with E-state index in [2.05, 4.69) is 22.3 Å². The second kappa shape index (κ2) is 14.6. The highest BCUT2D eigenvalue weighted by Crippen LogP contribution is 2.46. The number of benzene rings is 2. The number of aryl methyl sites for hydroxylation is 1. The van der Waals surface area contributed by atoms with Crippen molar-refractivity contribution in [2.75, 3.05) is 38.6 Å². The topological polar surface area (TPSA) is 112 Å². The van der Waals surface area contributed by atoms with Crippen molar-refractivity contribution >= 4 is 57.1 Å². The van der Waals surface area contributed by atoms with E-state index in [-0.39, 0.29) is 12.2 Å². The minimum Gasteiger partial charge on any atom is -0.495 e. The van der Waals surface area contributed by atoms with E-state index < -0.39 is 0 Å². The van der Waals surface area contributed by atoms with E-state index in [1.54, 1.807) is 25.6 Å². The van der Waals surface area contributed by atoms with Gasteiger partial charge in [-0.25, -0.2) is 9.97 Å². The summed E-state index contributed by atoms with van der Waals surface area (Å²) in [4.78, 5) is 21.9. The number of rotatable bonds is 14. The lowest BCUT2D eigenvalue weighted by Crippen LogP contribution is -2.06. The van der Waals surface area contributed by atoms with E-state index in [1.165, 1.54) is 20.3 Å². The predicted molar refractivity (Wildman–Crippen MR) is 183 cm³/mol. The van der Waals surface area contributed by atoms with Crippen LogP contribution in [-0.2, 0) is 29.0 Å². The van der Waals surface area contributed by atoms with Crippen LogP contribution in [0.3, 0.4) is 0 Å². The van der Waals surface area contributed by atoms with Crippen LogP contribution in [0.25, 0.3) is 22.0 Å². The first-order chi connectivity index (χ1) is 22.3. The molecule has 2 N–H and O–H groups in total. The molecular formula is C34H34Cl2N6O4. The smallest absolute Gasteiger partial charge is 0.159 e. The van der Waals surface area contributed by atoms with E-state index >= 15 is 0 Å². The number of fused-ring (bicyclic) bond motifs is 1. The quantitative estimate of drug-likeness (QED) is 0.117. The highest BCUT2D eigenvalue weighted by Gasteiger charge is 2.22. The number of hydrogen-bond donors (Lipinski definition) is 2. The molecule has 0 bridgehead atoms. The van der Waals surface area contributed by atoms with Crippen molar-refractivity contribution in [1.82, 2.24) is 19.7 Å². The van der Waals surface area contributed by atoms with Crippen molar-refractivity contribution in [1.29, 1.82) is 0 Å². The molecule has 3 aromatic heterocycles. The number of pyridine rings is 2. The first-order valence-corrected chi connectivity index (χ1v) is 15.2. The van der Waals surface area contributed by atoms with E-state index in [4.69, 9.17) is 47.4 Å². The number of anilines is 3. The second-order valence-electron chi connectivity index (χ2n) is 10.5. The van der Waals surface area contributed by atoms with Crippen LogP contribution in [0.4, 0.5) is 17.3 Å². The number of aromatic nitrogens is 4. The molecule has 0 aliphatic rings. The monoisotopic (exact) mass is 660 g/mol. The Bertz CT molecular complexity index is 1880. The van der Waals surface area contributed by atoms with Gasteiger partial charge in [-0.3, -0.25) is 9.48 Å². The standard InChI is InChI=1S/C34H34Cl2N6O4/c1-6-24(43)12-22-9-7-8-20(2)33(22)41-29-14-25-23(18-37-29)13-26(30-31(35)27(45-4)15-28(46-5)32(30)36)40-34(25)38-16-21-17-39-42(19-21)10-11-44-3/h6-9,13-15,17-19H,1,10-12,16H2,2-5H3,(H,37,41)(H,38,40).